The standard InChI is InChI=1S/C70H58N6/c1-6-20-47(4)74(54-24-9-7-10-25-54)48(5)21-19-23-50-22-13-16-30-59(50)73-60-43-65(68(53-39-37-51(38-40-53)61-45-72-61)66(46(2)3)67(60)52-35-33-49(44-71)34-36-52)76-62-31-17-14-28-56(62)57-41-42-64-69(70(57)76)58-29-15-18-32-63(58)75(64)55-26-11-8-12-27-55/h6-22,24-43,46,61,72-73H,4-5,23,45H2,1-3H3/b20-6-,21-19-. The van der Waals surface area contributed by atoms with E-state index < -0.39 is 0 Å². The third kappa shape index (κ3) is 8.57. The van der Waals surface area contributed by atoms with E-state index in [9.17, 15) is 5.26 Å². The van der Waals surface area contributed by atoms with Crippen molar-refractivity contribution in [1.82, 2.24) is 14.5 Å². The SMILES string of the molecule is C=C(/C=C\C)N(C(=C)/C=C\Cc1ccccc1Nc1cc(-n2c3ccccc3c3ccc4c(c5ccccc5n4-c4ccccc4)c32)c(-c2ccc(C3CN3)cc2)c(C(C)C)c1-c1ccc(C#N)cc1)c1ccccc1. The first kappa shape index (κ1) is 47.6. The highest BCUT2D eigenvalue weighted by molar-refractivity contribution is 6.26. The van der Waals surface area contributed by atoms with Crippen LogP contribution in [0.2, 0.25) is 0 Å². The Bertz CT molecular complexity index is 4120. The number of allylic oxidation sites excluding steroid dienone is 4. The van der Waals surface area contributed by atoms with Gasteiger partial charge in [0, 0.05) is 79.4 Å². The Labute approximate surface area is 445 Å². The molecule has 0 radical (unpaired) electrons. The van der Waals surface area contributed by atoms with Gasteiger partial charge in [0.15, 0.2) is 0 Å². The molecule has 0 saturated carbocycles. The predicted octanol–water partition coefficient (Wildman–Crippen LogP) is 17.8. The zero-order chi connectivity index (χ0) is 51.9. The fourth-order valence-electron chi connectivity index (χ4n) is 11.4. The maximum absolute atomic E-state index is 10.1. The van der Waals surface area contributed by atoms with Crippen LogP contribution in [0.15, 0.2) is 249 Å². The van der Waals surface area contributed by atoms with Crippen LogP contribution >= 0.6 is 0 Å². The van der Waals surface area contributed by atoms with Gasteiger partial charge < -0.3 is 24.7 Å². The molecule has 0 amide bonds. The molecule has 368 valence electrons. The Morgan fingerprint density at radius 2 is 1.28 bits per heavy atom. The minimum Gasteiger partial charge on any atom is -0.355 e. The molecule has 2 N–H and O–H groups in total. The van der Waals surface area contributed by atoms with Gasteiger partial charge in [-0.2, -0.15) is 5.26 Å². The average molecular weight is 983 g/mol. The highest BCUT2D eigenvalue weighted by atomic mass is 15.1. The van der Waals surface area contributed by atoms with Crippen molar-refractivity contribution in [1.29, 1.82) is 5.26 Å². The van der Waals surface area contributed by atoms with Crippen LogP contribution in [0.1, 0.15) is 55.0 Å². The molecule has 3 heterocycles. The smallest absolute Gasteiger partial charge is 0.0991 e. The van der Waals surface area contributed by atoms with Crippen molar-refractivity contribution in [3.8, 4) is 39.7 Å². The highest BCUT2D eigenvalue weighted by Crippen LogP contribution is 2.50. The third-order valence-electron chi connectivity index (χ3n) is 14.8. The molecule has 0 bridgehead atoms. The number of rotatable bonds is 15. The van der Waals surface area contributed by atoms with Crippen molar-refractivity contribution in [2.45, 2.75) is 39.2 Å². The van der Waals surface area contributed by atoms with Crippen molar-refractivity contribution < 1.29 is 0 Å². The van der Waals surface area contributed by atoms with E-state index >= 15 is 0 Å². The summed E-state index contributed by atoms with van der Waals surface area (Å²) in [4.78, 5) is 2.08. The van der Waals surface area contributed by atoms with E-state index in [1.54, 1.807) is 0 Å². The second-order valence-electron chi connectivity index (χ2n) is 20.0. The molecule has 1 unspecified atom stereocenters. The Hall–Kier alpha value is -9.41. The topological polar surface area (TPSA) is 70.9 Å². The lowest BCUT2D eigenvalue weighted by Gasteiger charge is -2.27. The second-order valence-corrected chi connectivity index (χ2v) is 20.0. The number of benzene rings is 9. The zero-order valence-electron chi connectivity index (χ0n) is 43.1. The molecule has 1 fully saturated rings. The molecule has 0 spiro atoms. The van der Waals surface area contributed by atoms with E-state index in [-0.39, 0.29) is 5.92 Å². The van der Waals surface area contributed by atoms with Crippen molar-refractivity contribution >= 4 is 60.7 Å². The maximum atomic E-state index is 10.1. The number of nitriles is 1. The van der Waals surface area contributed by atoms with Crippen LogP contribution in [0, 0.1) is 11.3 Å². The first-order chi connectivity index (χ1) is 37.3. The Balaban J connectivity index is 1.12. The van der Waals surface area contributed by atoms with E-state index in [4.69, 9.17) is 0 Å². The molecule has 2 aromatic heterocycles. The van der Waals surface area contributed by atoms with Gasteiger partial charge in [0.25, 0.3) is 0 Å². The molecule has 1 aliphatic heterocycles. The summed E-state index contributed by atoms with van der Waals surface area (Å²) in [6.07, 6.45) is 8.93. The van der Waals surface area contributed by atoms with Crippen LogP contribution in [0.4, 0.5) is 17.1 Å². The molecule has 1 aliphatic rings. The van der Waals surface area contributed by atoms with Gasteiger partial charge in [0.1, 0.15) is 0 Å². The summed E-state index contributed by atoms with van der Waals surface area (Å²) >= 11 is 0. The van der Waals surface area contributed by atoms with E-state index in [1.165, 1.54) is 38.2 Å². The van der Waals surface area contributed by atoms with Crippen LogP contribution < -0.4 is 15.5 Å². The molecule has 1 atom stereocenters. The summed E-state index contributed by atoms with van der Waals surface area (Å²) in [5.41, 5.74) is 20.1. The molecule has 9 aromatic carbocycles. The number of anilines is 3. The van der Waals surface area contributed by atoms with Crippen LogP contribution in [0.25, 0.3) is 77.2 Å². The first-order valence-electron chi connectivity index (χ1n) is 26.2. The fourth-order valence-corrected chi connectivity index (χ4v) is 11.4. The van der Waals surface area contributed by atoms with Gasteiger partial charge in [-0.05, 0) is 126 Å². The number of hydrogen-bond acceptors (Lipinski definition) is 4. The number of para-hydroxylation sites is 5. The number of aromatic nitrogens is 2. The molecular weight excluding hydrogens is 925 g/mol. The average Bonchev–Trinajstić information content (AvgIpc) is 4.19. The monoisotopic (exact) mass is 982 g/mol. The number of hydrogen-bond donors (Lipinski definition) is 2. The normalized spacial score (nSPS) is 13.4. The van der Waals surface area contributed by atoms with Gasteiger partial charge in [-0.1, -0.05) is 173 Å². The Kier molecular flexibility index (Phi) is 12.6. The number of fused-ring (bicyclic) bond motifs is 7. The summed E-state index contributed by atoms with van der Waals surface area (Å²) in [6.45, 7) is 16.5. The number of nitrogens with one attached hydrogen (secondary N) is 2. The molecule has 6 nitrogen and oxygen atoms in total. The van der Waals surface area contributed by atoms with E-state index in [0.717, 1.165) is 90.7 Å². The van der Waals surface area contributed by atoms with Gasteiger partial charge in [-0.25, -0.2) is 0 Å². The van der Waals surface area contributed by atoms with Crippen molar-refractivity contribution in [2.24, 2.45) is 0 Å². The zero-order valence-corrected chi connectivity index (χ0v) is 43.1. The summed E-state index contributed by atoms with van der Waals surface area (Å²) in [5.74, 6) is 0.0630. The Morgan fingerprint density at radius 1 is 0.658 bits per heavy atom. The molecule has 12 rings (SSSR count). The fraction of sp³-hybridized carbons (Fsp3) is 0.100. The van der Waals surface area contributed by atoms with Crippen LogP contribution in [-0.4, -0.2) is 15.7 Å². The highest BCUT2D eigenvalue weighted by Gasteiger charge is 2.29. The van der Waals surface area contributed by atoms with Crippen molar-refractivity contribution in [3.63, 3.8) is 0 Å². The summed E-state index contributed by atoms with van der Waals surface area (Å²) in [7, 11) is 0. The van der Waals surface area contributed by atoms with Crippen LogP contribution in [-0.2, 0) is 6.42 Å². The van der Waals surface area contributed by atoms with Crippen LogP contribution in [0.5, 0.6) is 0 Å². The van der Waals surface area contributed by atoms with Crippen LogP contribution in [0.3, 0.4) is 0 Å². The lowest BCUT2D eigenvalue weighted by molar-refractivity contribution is 0.869. The lowest BCUT2D eigenvalue weighted by Crippen LogP contribution is -2.18. The number of nitrogens with zero attached hydrogens (tertiary/aromatic N) is 4. The minimum atomic E-state index is 0.0630. The summed E-state index contributed by atoms with van der Waals surface area (Å²) in [6, 6.07) is 74.4. The van der Waals surface area contributed by atoms with E-state index in [2.05, 4.69) is 240 Å². The van der Waals surface area contributed by atoms with Gasteiger partial charge in [0.2, 0.25) is 0 Å². The molecule has 6 heteroatoms. The van der Waals surface area contributed by atoms with Gasteiger partial charge >= 0.3 is 0 Å². The first-order valence-corrected chi connectivity index (χ1v) is 26.2. The van der Waals surface area contributed by atoms with Gasteiger partial charge in [-0.15, -0.1) is 0 Å². The largest absolute Gasteiger partial charge is 0.355 e. The molecular formula is C70H58N6. The second kappa shape index (κ2) is 20.1. The quantitative estimate of drug-likeness (QED) is 0.0793. The molecule has 1 saturated heterocycles. The maximum Gasteiger partial charge on any atom is 0.0991 e. The molecule has 0 aliphatic carbocycles. The summed E-state index contributed by atoms with van der Waals surface area (Å²) < 4.78 is 4.97. The van der Waals surface area contributed by atoms with E-state index in [1.807, 2.05) is 49.4 Å². The molecule has 11 aromatic rings. The lowest BCUT2D eigenvalue weighted by atomic mass is 9.83. The third-order valence-corrected chi connectivity index (χ3v) is 14.8. The summed E-state index contributed by atoms with van der Waals surface area (Å²) in [5, 5.41) is 22.5. The minimum absolute atomic E-state index is 0.0630. The Morgan fingerprint density at radius 3 is 1.97 bits per heavy atom. The van der Waals surface area contributed by atoms with Crippen molar-refractivity contribution in [2.75, 3.05) is 16.8 Å². The van der Waals surface area contributed by atoms with Gasteiger partial charge in [0.05, 0.1) is 39.4 Å². The molecule has 76 heavy (non-hydrogen) atoms. The van der Waals surface area contributed by atoms with Gasteiger partial charge in [-0.3, -0.25) is 0 Å². The predicted molar refractivity (Wildman–Crippen MR) is 320 cm³/mol. The van der Waals surface area contributed by atoms with E-state index in [0.29, 0.717) is 18.0 Å². The van der Waals surface area contributed by atoms with Crippen molar-refractivity contribution in [3.05, 3.63) is 271 Å².